The van der Waals surface area contributed by atoms with Crippen molar-refractivity contribution in [3.05, 3.63) is 34.9 Å². The molecule has 17 heavy (non-hydrogen) atoms. The van der Waals surface area contributed by atoms with Crippen LogP contribution in [0.1, 0.15) is 17.4 Å². The molecular formula is C10H13ClN6. The molecule has 0 aliphatic carbocycles. The van der Waals surface area contributed by atoms with Crippen LogP contribution < -0.4 is 5.32 Å². The highest BCUT2D eigenvalue weighted by molar-refractivity contribution is 6.31. The topological polar surface area (TPSA) is 68.5 Å². The van der Waals surface area contributed by atoms with Gasteiger partial charge in [0.2, 0.25) is 0 Å². The molecule has 2 rings (SSSR count). The molecule has 0 aromatic carbocycles. The largest absolute Gasteiger partial charge is 0.313 e. The minimum atomic E-state index is 0.0506. The molecule has 0 aliphatic heterocycles. The van der Waals surface area contributed by atoms with Gasteiger partial charge in [0.1, 0.15) is 0 Å². The molecule has 1 unspecified atom stereocenters. The van der Waals surface area contributed by atoms with Gasteiger partial charge in [0.05, 0.1) is 12.1 Å². The monoisotopic (exact) mass is 252 g/mol. The summed E-state index contributed by atoms with van der Waals surface area (Å²) in [4.78, 5) is 5.41. The molecule has 0 saturated carbocycles. The molecule has 1 atom stereocenters. The first-order valence-electron chi connectivity index (χ1n) is 5.20. The van der Waals surface area contributed by atoms with Crippen LogP contribution in [0, 0.1) is 0 Å². The average Bonchev–Trinajstić information content (AvgIpc) is 2.73. The molecule has 0 fully saturated rings. The second kappa shape index (κ2) is 5.20. The highest BCUT2D eigenvalue weighted by Crippen LogP contribution is 2.23. The van der Waals surface area contributed by atoms with Gasteiger partial charge in [-0.05, 0) is 23.9 Å². The zero-order valence-electron chi connectivity index (χ0n) is 9.63. The number of hydrogen-bond acceptors (Lipinski definition) is 5. The number of aryl methyl sites for hydroxylation is 1. The van der Waals surface area contributed by atoms with Crippen molar-refractivity contribution in [1.82, 2.24) is 30.5 Å². The lowest BCUT2D eigenvalue weighted by atomic mass is 10.1. The van der Waals surface area contributed by atoms with Crippen LogP contribution in [0.3, 0.4) is 0 Å². The van der Waals surface area contributed by atoms with Gasteiger partial charge in [-0.25, -0.2) is 0 Å². The minimum absolute atomic E-state index is 0.0506. The summed E-state index contributed by atoms with van der Waals surface area (Å²) in [6.07, 6.45) is 3.98. The van der Waals surface area contributed by atoms with E-state index in [0.29, 0.717) is 17.3 Å². The van der Waals surface area contributed by atoms with Crippen molar-refractivity contribution < 1.29 is 0 Å². The van der Waals surface area contributed by atoms with Crippen molar-refractivity contribution in [2.45, 2.75) is 12.5 Å². The Labute approximate surface area is 104 Å². The van der Waals surface area contributed by atoms with E-state index in [2.05, 4.69) is 25.7 Å². The predicted molar refractivity (Wildman–Crippen MR) is 63.5 cm³/mol. The van der Waals surface area contributed by atoms with Crippen LogP contribution in [0.25, 0.3) is 0 Å². The summed E-state index contributed by atoms with van der Waals surface area (Å²) in [6.45, 7) is 0. The number of aromatic nitrogens is 5. The third-order valence-electron chi connectivity index (χ3n) is 2.46. The molecular weight excluding hydrogens is 240 g/mol. The van der Waals surface area contributed by atoms with Gasteiger partial charge in [0.15, 0.2) is 5.82 Å². The molecule has 2 heterocycles. The van der Waals surface area contributed by atoms with E-state index in [-0.39, 0.29) is 6.04 Å². The van der Waals surface area contributed by atoms with Crippen molar-refractivity contribution in [3.63, 3.8) is 0 Å². The SMILES string of the molecule is CNC(Cc1nnn(C)n1)c1ccncc1Cl. The third kappa shape index (κ3) is 2.78. The third-order valence-corrected chi connectivity index (χ3v) is 2.78. The summed E-state index contributed by atoms with van der Waals surface area (Å²) in [7, 11) is 3.61. The van der Waals surface area contributed by atoms with Crippen LogP contribution in [0.2, 0.25) is 5.02 Å². The summed E-state index contributed by atoms with van der Waals surface area (Å²) >= 11 is 6.11. The number of rotatable bonds is 4. The zero-order chi connectivity index (χ0) is 12.3. The van der Waals surface area contributed by atoms with Crippen LogP contribution in [-0.4, -0.2) is 32.2 Å². The fourth-order valence-electron chi connectivity index (χ4n) is 1.62. The van der Waals surface area contributed by atoms with Crippen molar-refractivity contribution in [1.29, 1.82) is 0 Å². The van der Waals surface area contributed by atoms with Gasteiger partial charge >= 0.3 is 0 Å². The predicted octanol–water partition coefficient (Wildman–Crippen LogP) is 0.762. The first-order valence-corrected chi connectivity index (χ1v) is 5.58. The number of nitrogens with one attached hydrogen (secondary N) is 1. The molecule has 1 N–H and O–H groups in total. The van der Waals surface area contributed by atoms with Crippen LogP contribution in [0.15, 0.2) is 18.5 Å². The van der Waals surface area contributed by atoms with Crippen LogP contribution in [-0.2, 0) is 13.5 Å². The maximum atomic E-state index is 6.11. The molecule has 2 aromatic heterocycles. The van der Waals surface area contributed by atoms with E-state index < -0.39 is 0 Å². The molecule has 6 nitrogen and oxygen atoms in total. The van der Waals surface area contributed by atoms with Crippen LogP contribution in [0.4, 0.5) is 0 Å². The Kier molecular flexibility index (Phi) is 3.65. The highest BCUT2D eigenvalue weighted by atomic mass is 35.5. The smallest absolute Gasteiger partial charge is 0.176 e. The summed E-state index contributed by atoms with van der Waals surface area (Å²) in [6, 6.07) is 1.94. The maximum Gasteiger partial charge on any atom is 0.176 e. The molecule has 2 aromatic rings. The van der Waals surface area contributed by atoms with Gasteiger partial charge in [0, 0.05) is 24.9 Å². The highest BCUT2D eigenvalue weighted by Gasteiger charge is 2.15. The number of halogens is 1. The lowest BCUT2D eigenvalue weighted by Gasteiger charge is -2.15. The number of pyridine rings is 1. The Morgan fingerprint density at radius 3 is 2.94 bits per heavy atom. The number of hydrogen-bond donors (Lipinski definition) is 1. The fraction of sp³-hybridized carbons (Fsp3) is 0.400. The summed E-state index contributed by atoms with van der Waals surface area (Å²) < 4.78 is 0. The van der Waals surface area contributed by atoms with E-state index in [1.54, 1.807) is 19.4 Å². The molecule has 90 valence electrons. The Morgan fingerprint density at radius 1 is 1.53 bits per heavy atom. The summed E-state index contributed by atoms with van der Waals surface area (Å²) in [5.74, 6) is 0.680. The van der Waals surface area contributed by atoms with E-state index >= 15 is 0 Å². The average molecular weight is 253 g/mol. The maximum absolute atomic E-state index is 6.11. The van der Waals surface area contributed by atoms with E-state index in [9.17, 15) is 0 Å². The van der Waals surface area contributed by atoms with Gasteiger partial charge in [0.25, 0.3) is 0 Å². The minimum Gasteiger partial charge on any atom is -0.313 e. The Hall–Kier alpha value is -1.53. The normalized spacial score (nSPS) is 12.6. The van der Waals surface area contributed by atoms with Crippen LogP contribution in [0.5, 0.6) is 0 Å². The van der Waals surface area contributed by atoms with Crippen molar-refractivity contribution >= 4 is 11.6 Å². The van der Waals surface area contributed by atoms with Gasteiger partial charge in [-0.15, -0.1) is 10.2 Å². The first-order chi connectivity index (χ1) is 8.20. The molecule has 0 saturated heterocycles. The van der Waals surface area contributed by atoms with Gasteiger partial charge in [-0.3, -0.25) is 4.98 Å². The van der Waals surface area contributed by atoms with E-state index in [1.807, 2.05) is 13.1 Å². The van der Waals surface area contributed by atoms with E-state index in [1.165, 1.54) is 4.80 Å². The molecule has 7 heteroatoms. The Balaban J connectivity index is 2.20. The quantitative estimate of drug-likeness (QED) is 0.870. The van der Waals surface area contributed by atoms with Gasteiger partial charge in [-0.1, -0.05) is 11.6 Å². The Bertz CT molecular complexity index is 497. The van der Waals surface area contributed by atoms with E-state index in [0.717, 1.165) is 5.56 Å². The lowest BCUT2D eigenvalue weighted by Crippen LogP contribution is -2.20. The standard InChI is InChI=1S/C10H13ClN6/c1-12-9(5-10-14-16-17(2)15-10)7-3-4-13-6-8(7)11/h3-4,6,9,12H,5H2,1-2H3. The number of nitrogens with zero attached hydrogens (tertiary/aromatic N) is 5. The molecule has 0 aliphatic rings. The lowest BCUT2D eigenvalue weighted by molar-refractivity contribution is 0.570. The molecule has 0 radical (unpaired) electrons. The second-order valence-corrected chi connectivity index (χ2v) is 4.04. The summed E-state index contributed by atoms with van der Waals surface area (Å²) in [5.41, 5.74) is 0.983. The van der Waals surface area contributed by atoms with Crippen molar-refractivity contribution in [2.24, 2.45) is 7.05 Å². The van der Waals surface area contributed by atoms with Gasteiger partial charge < -0.3 is 5.32 Å². The second-order valence-electron chi connectivity index (χ2n) is 3.64. The molecule has 0 spiro atoms. The fourth-order valence-corrected chi connectivity index (χ4v) is 1.87. The Morgan fingerprint density at radius 2 is 2.35 bits per heavy atom. The van der Waals surface area contributed by atoms with Gasteiger partial charge in [-0.2, -0.15) is 4.80 Å². The van der Waals surface area contributed by atoms with Crippen LogP contribution >= 0.6 is 11.6 Å². The summed E-state index contributed by atoms with van der Waals surface area (Å²) in [5, 5.41) is 15.7. The van der Waals surface area contributed by atoms with Crippen molar-refractivity contribution in [3.8, 4) is 0 Å². The number of likely N-dealkylation sites (N-methyl/N-ethyl adjacent to an activating group) is 1. The zero-order valence-corrected chi connectivity index (χ0v) is 10.4. The van der Waals surface area contributed by atoms with Crippen molar-refractivity contribution in [2.75, 3.05) is 7.05 Å². The number of tetrazole rings is 1. The van der Waals surface area contributed by atoms with E-state index in [4.69, 9.17) is 11.6 Å². The first kappa shape index (κ1) is 11.9. The molecule has 0 bridgehead atoms. The molecule has 0 amide bonds.